The van der Waals surface area contributed by atoms with Gasteiger partial charge in [-0.3, -0.25) is 19.3 Å². The molecular formula is C17H35N5O3S. The number of carbonyl (C=O) groups is 3. The molecular weight excluding hydrogens is 354 g/mol. The average molecular weight is 390 g/mol. The quantitative estimate of drug-likeness (QED) is 0.224. The van der Waals surface area contributed by atoms with E-state index in [4.69, 9.17) is 11.5 Å². The molecule has 26 heavy (non-hydrogen) atoms. The number of hydrogen-bond acceptors (Lipinski definition) is 6. The van der Waals surface area contributed by atoms with Gasteiger partial charge in [0.25, 0.3) is 0 Å². The van der Waals surface area contributed by atoms with Crippen LogP contribution in [0.2, 0.25) is 0 Å². The summed E-state index contributed by atoms with van der Waals surface area (Å²) < 4.78 is 0. The second-order valence-electron chi connectivity index (χ2n) is 6.46. The summed E-state index contributed by atoms with van der Waals surface area (Å²) in [4.78, 5) is 39.5. The fourth-order valence-electron chi connectivity index (χ4n) is 2.40. The van der Waals surface area contributed by atoms with E-state index in [2.05, 4.69) is 24.9 Å². The molecule has 1 unspecified atom stereocenters. The average Bonchev–Trinajstić information content (AvgIpc) is 2.58. The number of thiol groups is 1. The Hall–Kier alpha value is -1.32. The first kappa shape index (κ1) is 24.7. The fraction of sp³-hybridized carbons (Fsp3) is 0.824. The van der Waals surface area contributed by atoms with Gasteiger partial charge in [-0.2, -0.15) is 12.6 Å². The van der Waals surface area contributed by atoms with Gasteiger partial charge in [0.05, 0.1) is 13.1 Å². The number of unbranched alkanes of at least 4 members (excludes halogenated alkanes) is 3. The van der Waals surface area contributed by atoms with Crippen LogP contribution in [0.4, 0.5) is 0 Å². The molecule has 3 amide bonds. The maximum absolute atomic E-state index is 12.6. The fourth-order valence-corrected chi connectivity index (χ4v) is 2.67. The van der Waals surface area contributed by atoms with Crippen molar-refractivity contribution >= 4 is 30.4 Å². The van der Waals surface area contributed by atoms with Gasteiger partial charge in [-0.1, -0.05) is 19.8 Å². The van der Waals surface area contributed by atoms with Gasteiger partial charge in [0.1, 0.15) is 6.04 Å². The Morgan fingerprint density at radius 3 is 2.27 bits per heavy atom. The summed E-state index contributed by atoms with van der Waals surface area (Å²) in [5.41, 5.74) is 10.7. The monoisotopic (exact) mass is 389 g/mol. The van der Waals surface area contributed by atoms with Gasteiger partial charge in [0, 0.05) is 12.3 Å². The summed E-state index contributed by atoms with van der Waals surface area (Å²) in [7, 11) is 1.88. The molecule has 0 spiro atoms. The Kier molecular flexibility index (Phi) is 14.1. The van der Waals surface area contributed by atoms with Crippen LogP contribution in [0.5, 0.6) is 0 Å². The highest BCUT2D eigenvalue weighted by atomic mass is 32.1. The van der Waals surface area contributed by atoms with E-state index in [-0.39, 0.29) is 24.7 Å². The summed E-state index contributed by atoms with van der Waals surface area (Å²) in [6, 6.07) is -0.836. The number of rotatable bonds is 15. The molecule has 0 saturated heterocycles. The minimum atomic E-state index is -0.836. The molecule has 0 bridgehead atoms. The summed E-state index contributed by atoms with van der Waals surface area (Å²) in [5, 5.41) is 2.53. The highest BCUT2D eigenvalue weighted by molar-refractivity contribution is 7.80. The Bertz CT molecular complexity index is 437. The van der Waals surface area contributed by atoms with Gasteiger partial charge in [-0.05, 0) is 39.4 Å². The van der Waals surface area contributed by atoms with Crippen molar-refractivity contribution in [3.8, 4) is 0 Å². The van der Waals surface area contributed by atoms with E-state index in [1.807, 2.05) is 11.9 Å². The topological polar surface area (TPSA) is 122 Å². The lowest BCUT2D eigenvalue weighted by Crippen LogP contribution is -2.51. The molecule has 152 valence electrons. The molecule has 0 saturated carbocycles. The maximum Gasteiger partial charge on any atom is 0.240 e. The molecule has 0 heterocycles. The van der Waals surface area contributed by atoms with Crippen LogP contribution in [0, 0.1) is 0 Å². The maximum atomic E-state index is 12.6. The molecule has 8 nitrogen and oxygen atoms in total. The van der Waals surface area contributed by atoms with E-state index in [9.17, 15) is 14.4 Å². The number of nitrogens with two attached hydrogens (primary N) is 2. The summed E-state index contributed by atoms with van der Waals surface area (Å²) in [6.45, 7) is 4.16. The second-order valence-corrected chi connectivity index (χ2v) is 6.83. The van der Waals surface area contributed by atoms with Gasteiger partial charge >= 0.3 is 0 Å². The zero-order valence-corrected chi connectivity index (χ0v) is 17.0. The predicted molar refractivity (Wildman–Crippen MR) is 107 cm³/mol. The third kappa shape index (κ3) is 11.3. The van der Waals surface area contributed by atoms with E-state index in [0.29, 0.717) is 13.1 Å². The number of likely N-dealkylation sites (N-methyl/N-ethyl adjacent to an activating group) is 1. The van der Waals surface area contributed by atoms with Crippen LogP contribution >= 0.6 is 12.6 Å². The van der Waals surface area contributed by atoms with Crippen LogP contribution in [0.1, 0.15) is 39.0 Å². The van der Waals surface area contributed by atoms with Gasteiger partial charge in [0.15, 0.2) is 0 Å². The van der Waals surface area contributed by atoms with E-state index >= 15 is 0 Å². The standard InChI is InChI=1S/C17H35N5O3S/c1-3-4-6-10-22(11-15(23)20-14(13-26)17(19)25)16(24)12-21(2)9-7-5-8-18/h14,26H,3-13,18H2,1-2H3,(H2,19,25)(H,20,23). The van der Waals surface area contributed by atoms with Crippen molar-refractivity contribution in [1.82, 2.24) is 15.1 Å². The molecule has 0 aliphatic carbocycles. The molecule has 0 aromatic heterocycles. The zero-order valence-electron chi connectivity index (χ0n) is 16.1. The largest absolute Gasteiger partial charge is 0.368 e. The van der Waals surface area contributed by atoms with Crippen LogP contribution in [-0.2, 0) is 14.4 Å². The molecule has 0 aliphatic heterocycles. The van der Waals surface area contributed by atoms with Crippen molar-refractivity contribution in [2.45, 2.75) is 45.1 Å². The van der Waals surface area contributed by atoms with Gasteiger partial charge in [0.2, 0.25) is 17.7 Å². The van der Waals surface area contributed by atoms with Crippen LogP contribution in [-0.4, -0.2) is 79.1 Å². The first-order valence-electron chi connectivity index (χ1n) is 9.21. The van der Waals surface area contributed by atoms with Crippen molar-refractivity contribution in [3.05, 3.63) is 0 Å². The SMILES string of the molecule is CCCCCN(CC(=O)NC(CS)C(N)=O)C(=O)CN(C)CCCCN. The smallest absolute Gasteiger partial charge is 0.240 e. The van der Waals surface area contributed by atoms with Crippen molar-refractivity contribution in [2.24, 2.45) is 11.5 Å². The molecule has 9 heteroatoms. The molecule has 0 aliphatic rings. The highest BCUT2D eigenvalue weighted by Crippen LogP contribution is 2.02. The van der Waals surface area contributed by atoms with E-state index in [1.54, 1.807) is 4.90 Å². The third-order valence-corrected chi connectivity index (χ3v) is 4.34. The minimum absolute atomic E-state index is 0.0866. The van der Waals surface area contributed by atoms with Gasteiger partial charge < -0.3 is 21.7 Å². The zero-order chi connectivity index (χ0) is 19.9. The minimum Gasteiger partial charge on any atom is -0.368 e. The number of hydrogen-bond donors (Lipinski definition) is 4. The molecule has 0 fully saturated rings. The van der Waals surface area contributed by atoms with Crippen LogP contribution in [0.15, 0.2) is 0 Å². The number of nitrogens with one attached hydrogen (secondary N) is 1. The second kappa shape index (κ2) is 14.8. The van der Waals surface area contributed by atoms with Gasteiger partial charge in [-0.15, -0.1) is 0 Å². The molecule has 0 radical (unpaired) electrons. The summed E-state index contributed by atoms with van der Waals surface area (Å²) in [5.74, 6) is -1.03. The predicted octanol–water partition coefficient (Wildman–Crippen LogP) is -0.424. The normalized spacial score (nSPS) is 12.0. The van der Waals surface area contributed by atoms with Crippen molar-refractivity contribution in [3.63, 3.8) is 0 Å². The number of amides is 3. The van der Waals surface area contributed by atoms with E-state index < -0.39 is 17.9 Å². The number of nitrogens with zero attached hydrogens (tertiary/aromatic N) is 2. The summed E-state index contributed by atoms with van der Waals surface area (Å²) in [6.07, 6.45) is 4.69. The molecule has 0 rings (SSSR count). The Morgan fingerprint density at radius 1 is 1.08 bits per heavy atom. The Morgan fingerprint density at radius 2 is 1.73 bits per heavy atom. The lowest BCUT2D eigenvalue weighted by atomic mass is 10.2. The Labute approximate surface area is 162 Å². The van der Waals surface area contributed by atoms with E-state index in [1.165, 1.54) is 0 Å². The molecule has 0 aromatic carbocycles. The van der Waals surface area contributed by atoms with Crippen LogP contribution in [0.25, 0.3) is 0 Å². The lowest BCUT2D eigenvalue weighted by Gasteiger charge is -2.26. The number of carbonyl (C=O) groups excluding carboxylic acids is 3. The first-order valence-corrected chi connectivity index (χ1v) is 9.84. The third-order valence-electron chi connectivity index (χ3n) is 3.98. The molecule has 0 aromatic rings. The van der Waals surface area contributed by atoms with E-state index in [0.717, 1.165) is 38.6 Å². The molecule has 1 atom stereocenters. The van der Waals surface area contributed by atoms with Crippen molar-refractivity contribution in [1.29, 1.82) is 0 Å². The van der Waals surface area contributed by atoms with Crippen molar-refractivity contribution < 1.29 is 14.4 Å². The van der Waals surface area contributed by atoms with Gasteiger partial charge in [-0.25, -0.2) is 0 Å². The summed E-state index contributed by atoms with van der Waals surface area (Å²) >= 11 is 4.00. The highest BCUT2D eigenvalue weighted by Gasteiger charge is 2.21. The van der Waals surface area contributed by atoms with Crippen LogP contribution in [0.3, 0.4) is 0 Å². The lowest BCUT2D eigenvalue weighted by molar-refractivity contribution is -0.137. The van der Waals surface area contributed by atoms with Crippen molar-refractivity contribution in [2.75, 3.05) is 45.5 Å². The van der Waals surface area contributed by atoms with Crippen LogP contribution < -0.4 is 16.8 Å². The number of primary amides is 1. The first-order chi connectivity index (χ1) is 12.3. The molecule has 5 N–H and O–H groups in total. The Balaban J connectivity index is 4.68.